The third kappa shape index (κ3) is 4.25. The highest BCUT2D eigenvalue weighted by Gasteiger charge is 2.24. The molecule has 2 aromatic rings. The summed E-state index contributed by atoms with van der Waals surface area (Å²) in [6.07, 6.45) is 0. The molecule has 2 amide bonds. The van der Waals surface area contributed by atoms with Gasteiger partial charge in [-0.1, -0.05) is 43.6 Å². The lowest BCUT2D eigenvalue weighted by Crippen LogP contribution is -2.50. The lowest BCUT2D eigenvalue weighted by Gasteiger charge is -2.35. The number of carbonyl (C=O) groups excluding carboxylic acids is 1. The van der Waals surface area contributed by atoms with Gasteiger partial charge in [0.25, 0.3) is 0 Å². The summed E-state index contributed by atoms with van der Waals surface area (Å²) in [5.74, 6) is 1.20. The van der Waals surface area contributed by atoms with Gasteiger partial charge in [0.15, 0.2) is 5.82 Å². The standard InChI is InChI=1S/C18H23ClN4O2/c1-18(2,3)15-12-16(21-25-15)20-17(24)23-9-7-22(8-10-23)14-6-4-5-13(19)11-14/h4-6,11-12H,7-10H2,1-3H3,(H,20,21,24). The average Bonchev–Trinajstić information content (AvgIpc) is 3.04. The zero-order valence-electron chi connectivity index (χ0n) is 14.8. The minimum atomic E-state index is -0.153. The molecule has 3 rings (SSSR count). The molecule has 25 heavy (non-hydrogen) atoms. The van der Waals surface area contributed by atoms with Crippen LogP contribution in [0.15, 0.2) is 34.9 Å². The maximum atomic E-state index is 12.4. The zero-order chi connectivity index (χ0) is 18.0. The van der Waals surface area contributed by atoms with Gasteiger partial charge in [-0.05, 0) is 18.2 Å². The lowest BCUT2D eigenvalue weighted by molar-refractivity contribution is 0.208. The third-order valence-corrected chi connectivity index (χ3v) is 4.46. The number of urea groups is 1. The second-order valence-electron chi connectivity index (χ2n) is 7.21. The second-order valence-corrected chi connectivity index (χ2v) is 7.65. The first-order valence-corrected chi connectivity index (χ1v) is 8.74. The van der Waals surface area contributed by atoms with Crippen molar-refractivity contribution >= 4 is 29.1 Å². The van der Waals surface area contributed by atoms with E-state index in [1.54, 1.807) is 11.0 Å². The summed E-state index contributed by atoms with van der Waals surface area (Å²) in [6, 6.07) is 9.40. The molecular formula is C18H23ClN4O2. The predicted molar refractivity (Wildman–Crippen MR) is 99.5 cm³/mol. The number of benzene rings is 1. The van der Waals surface area contributed by atoms with Crippen molar-refractivity contribution < 1.29 is 9.32 Å². The SMILES string of the molecule is CC(C)(C)c1cc(NC(=O)N2CCN(c3cccc(Cl)c3)CC2)no1. The van der Waals surface area contributed by atoms with Gasteiger partial charge < -0.3 is 14.3 Å². The van der Waals surface area contributed by atoms with E-state index in [2.05, 4.69) is 15.4 Å². The normalized spacial score (nSPS) is 15.4. The van der Waals surface area contributed by atoms with E-state index in [-0.39, 0.29) is 11.4 Å². The van der Waals surface area contributed by atoms with Crippen molar-refractivity contribution in [1.29, 1.82) is 0 Å². The maximum absolute atomic E-state index is 12.4. The monoisotopic (exact) mass is 362 g/mol. The fourth-order valence-electron chi connectivity index (χ4n) is 2.72. The molecule has 134 valence electrons. The molecule has 0 atom stereocenters. The Morgan fingerprint density at radius 3 is 2.52 bits per heavy atom. The van der Waals surface area contributed by atoms with Gasteiger partial charge in [0.2, 0.25) is 0 Å². The van der Waals surface area contributed by atoms with Crippen LogP contribution in [0.4, 0.5) is 16.3 Å². The van der Waals surface area contributed by atoms with Gasteiger partial charge in [0.05, 0.1) is 0 Å². The number of anilines is 2. The Morgan fingerprint density at radius 1 is 1.20 bits per heavy atom. The first kappa shape index (κ1) is 17.6. The van der Waals surface area contributed by atoms with E-state index in [1.165, 1.54) is 0 Å². The number of amides is 2. The zero-order valence-corrected chi connectivity index (χ0v) is 15.5. The highest BCUT2D eigenvalue weighted by Crippen LogP contribution is 2.25. The molecule has 0 unspecified atom stereocenters. The summed E-state index contributed by atoms with van der Waals surface area (Å²) in [7, 11) is 0. The van der Waals surface area contributed by atoms with Crippen LogP contribution in [0.2, 0.25) is 5.02 Å². The largest absolute Gasteiger partial charge is 0.368 e. The molecule has 1 aromatic carbocycles. The molecular weight excluding hydrogens is 340 g/mol. The van der Waals surface area contributed by atoms with Crippen molar-refractivity contribution in [2.45, 2.75) is 26.2 Å². The molecule has 1 fully saturated rings. The third-order valence-electron chi connectivity index (χ3n) is 4.22. The Hall–Kier alpha value is -2.21. The summed E-state index contributed by atoms with van der Waals surface area (Å²) in [6.45, 7) is 8.92. The highest BCUT2D eigenvalue weighted by atomic mass is 35.5. The lowest BCUT2D eigenvalue weighted by atomic mass is 9.93. The molecule has 1 saturated heterocycles. The van der Waals surface area contributed by atoms with Gasteiger partial charge in [0.1, 0.15) is 5.76 Å². The molecule has 1 N–H and O–H groups in total. The van der Waals surface area contributed by atoms with E-state index in [9.17, 15) is 4.79 Å². The van der Waals surface area contributed by atoms with Crippen molar-refractivity contribution in [3.8, 4) is 0 Å². The van der Waals surface area contributed by atoms with E-state index >= 15 is 0 Å². The number of nitrogens with one attached hydrogen (secondary N) is 1. The molecule has 0 bridgehead atoms. The van der Waals surface area contributed by atoms with Gasteiger partial charge in [-0.25, -0.2) is 4.79 Å². The summed E-state index contributed by atoms with van der Waals surface area (Å²) < 4.78 is 5.30. The molecule has 1 aliphatic heterocycles. The number of rotatable bonds is 2. The molecule has 0 radical (unpaired) electrons. The Bertz CT molecular complexity index is 746. The van der Waals surface area contributed by atoms with Gasteiger partial charge in [0, 0.05) is 48.4 Å². The highest BCUT2D eigenvalue weighted by molar-refractivity contribution is 6.30. The average molecular weight is 363 g/mol. The summed E-state index contributed by atoms with van der Waals surface area (Å²) in [5, 5.41) is 7.46. The number of nitrogens with zero attached hydrogens (tertiary/aromatic N) is 3. The molecule has 7 heteroatoms. The number of hydrogen-bond donors (Lipinski definition) is 1. The number of aromatic nitrogens is 1. The van der Waals surface area contributed by atoms with E-state index < -0.39 is 0 Å². The van der Waals surface area contributed by atoms with Crippen LogP contribution in [0.5, 0.6) is 0 Å². The van der Waals surface area contributed by atoms with Crippen LogP contribution in [-0.4, -0.2) is 42.3 Å². The quantitative estimate of drug-likeness (QED) is 0.877. The first-order chi connectivity index (χ1) is 11.8. The molecule has 1 aliphatic rings. The molecule has 2 heterocycles. The number of halogens is 1. The van der Waals surface area contributed by atoms with Crippen LogP contribution in [-0.2, 0) is 5.41 Å². The fourth-order valence-corrected chi connectivity index (χ4v) is 2.90. The van der Waals surface area contributed by atoms with Crippen LogP contribution < -0.4 is 10.2 Å². The van der Waals surface area contributed by atoms with Crippen molar-refractivity contribution in [2.75, 3.05) is 36.4 Å². The van der Waals surface area contributed by atoms with E-state index in [4.69, 9.17) is 16.1 Å². The molecule has 1 aromatic heterocycles. The Kier molecular flexibility index (Phi) is 4.90. The Labute approximate surface area is 152 Å². The van der Waals surface area contributed by atoms with Crippen LogP contribution in [0.1, 0.15) is 26.5 Å². The summed E-state index contributed by atoms with van der Waals surface area (Å²) >= 11 is 6.05. The molecule has 0 aliphatic carbocycles. The van der Waals surface area contributed by atoms with Gasteiger partial charge in [-0.3, -0.25) is 5.32 Å². The van der Waals surface area contributed by atoms with Crippen molar-refractivity contribution in [3.63, 3.8) is 0 Å². The Morgan fingerprint density at radius 2 is 1.92 bits per heavy atom. The van der Waals surface area contributed by atoms with Crippen LogP contribution >= 0.6 is 11.6 Å². The van der Waals surface area contributed by atoms with Gasteiger partial charge in [-0.2, -0.15) is 0 Å². The van der Waals surface area contributed by atoms with E-state index in [0.29, 0.717) is 18.9 Å². The summed E-state index contributed by atoms with van der Waals surface area (Å²) in [4.78, 5) is 16.4. The fraction of sp³-hybridized carbons (Fsp3) is 0.444. The minimum absolute atomic E-state index is 0.140. The molecule has 0 spiro atoms. The van der Waals surface area contributed by atoms with Crippen molar-refractivity contribution in [3.05, 3.63) is 41.1 Å². The number of carbonyl (C=O) groups is 1. The maximum Gasteiger partial charge on any atom is 0.323 e. The van der Waals surface area contributed by atoms with Crippen LogP contribution in [0.25, 0.3) is 0 Å². The Balaban J connectivity index is 1.56. The second kappa shape index (κ2) is 6.96. The first-order valence-electron chi connectivity index (χ1n) is 8.36. The molecule has 0 saturated carbocycles. The van der Waals surface area contributed by atoms with Crippen molar-refractivity contribution in [2.24, 2.45) is 0 Å². The number of hydrogen-bond acceptors (Lipinski definition) is 4. The predicted octanol–water partition coefficient (Wildman–Crippen LogP) is 3.98. The van der Waals surface area contributed by atoms with Crippen LogP contribution in [0, 0.1) is 0 Å². The smallest absolute Gasteiger partial charge is 0.323 e. The molecule has 6 nitrogen and oxygen atoms in total. The minimum Gasteiger partial charge on any atom is -0.368 e. The van der Waals surface area contributed by atoms with Gasteiger partial charge in [-0.15, -0.1) is 0 Å². The number of piperazine rings is 1. The van der Waals surface area contributed by atoms with E-state index in [1.807, 2.05) is 45.0 Å². The van der Waals surface area contributed by atoms with Gasteiger partial charge >= 0.3 is 6.03 Å². The summed E-state index contributed by atoms with van der Waals surface area (Å²) in [5.41, 5.74) is 0.942. The van der Waals surface area contributed by atoms with Crippen molar-refractivity contribution in [1.82, 2.24) is 10.1 Å². The van der Waals surface area contributed by atoms with Crippen LogP contribution in [0.3, 0.4) is 0 Å². The topological polar surface area (TPSA) is 61.6 Å². The van der Waals surface area contributed by atoms with E-state index in [0.717, 1.165) is 29.6 Å².